The molecule has 2 aliphatic rings. The monoisotopic (exact) mass is 411 g/mol. The van der Waals surface area contributed by atoms with E-state index in [-0.39, 0.29) is 18.0 Å². The second kappa shape index (κ2) is 6.44. The number of halogens is 1. The molecule has 2 N–H and O–H groups in total. The average Bonchev–Trinajstić information content (AvgIpc) is 3.15. The Morgan fingerprint density at radius 1 is 1.30 bits per heavy atom. The number of aliphatic hydroxyl groups is 1. The van der Waals surface area contributed by atoms with E-state index in [1.165, 1.54) is 6.26 Å². The van der Waals surface area contributed by atoms with Gasteiger partial charge in [0.1, 0.15) is 0 Å². The summed E-state index contributed by atoms with van der Waals surface area (Å²) in [5.74, 6) is 0.222. The molecular weight excluding hydrogens is 386 g/mol. The van der Waals surface area contributed by atoms with Crippen molar-refractivity contribution in [1.29, 1.82) is 0 Å². The summed E-state index contributed by atoms with van der Waals surface area (Å²) in [5.41, 5.74) is 1.13. The van der Waals surface area contributed by atoms with E-state index in [9.17, 15) is 13.5 Å². The number of piperidine rings is 1. The fourth-order valence-electron chi connectivity index (χ4n) is 5.17. The molecule has 0 spiro atoms. The third kappa shape index (κ3) is 3.18. The van der Waals surface area contributed by atoms with Gasteiger partial charge in [-0.05, 0) is 49.1 Å². The molecule has 2 fully saturated rings. The van der Waals surface area contributed by atoms with Gasteiger partial charge in [-0.2, -0.15) is 9.40 Å². The molecule has 2 bridgehead atoms. The molecule has 0 amide bonds. The first-order chi connectivity index (χ1) is 12.6. The van der Waals surface area contributed by atoms with E-state index >= 15 is 0 Å². The minimum Gasteiger partial charge on any atom is -0.388 e. The third-order valence-corrected chi connectivity index (χ3v) is 8.23. The Hall–Kier alpha value is -1.15. The van der Waals surface area contributed by atoms with Crippen molar-refractivity contribution in [3.05, 3.63) is 28.9 Å². The Kier molecular flexibility index (Phi) is 4.57. The summed E-state index contributed by atoms with van der Waals surface area (Å²) in [6, 6.07) is 3.71. The standard InChI is InChI=1S/C19H26ClN3O3S/c1-19(2,12-7-14-4-5-15(8-12)23(14)27(3,25)26)18(24)16-9-13(20)6-11-10-21-22-17(11)16/h6,9-10,12,14-15,18,24H,4-5,7-8H2,1-3H3,(H,21,22)/t12?,14-,15?,18?/m0/s1. The minimum absolute atomic E-state index is 0.0433. The average molecular weight is 412 g/mol. The molecule has 1 aromatic carbocycles. The maximum atomic E-state index is 12.2. The lowest BCUT2D eigenvalue weighted by Crippen LogP contribution is -2.49. The summed E-state index contributed by atoms with van der Waals surface area (Å²) >= 11 is 6.26. The fourth-order valence-corrected chi connectivity index (χ4v) is 6.87. The molecular formula is C19H26ClN3O3S. The molecule has 3 unspecified atom stereocenters. The summed E-state index contributed by atoms with van der Waals surface area (Å²) in [4.78, 5) is 0. The Morgan fingerprint density at radius 3 is 2.52 bits per heavy atom. The molecule has 2 saturated heterocycles. The van der Waals surface area contributed by atoms with Crippen LogP contribution in [0.1, 0.15) is 51.2 Å². The number of aromatic amines is 1. The zero-order chi connectivity index (χ0) is 19.6. The number of aliphatic hydroxyl groups excluding tert-OH is 1. The van der Waals surface area contributed by atoms with Crippen LogP contribution < -0.4 is 0 Å². The van der Waals surface area contributed by atoms with Crippen molar-refractivity contribution in [2.45, 2.75) is 57.7 Å². The lowest BCUT2D eigenvalue weighted by atomic mass is 9.67. The molecule has 0 radical (unpaired) electrons. The van der Waals surface area contributed by atoms with Crippen LogP contribution in [0.2, 0.25) is 5.02 Å². The number of H-pyrrole nitrogens is 1. The van der Waals surface area contributed by atoms with Crippen molar-refractivity contribution >= 4 is 32.5 Å². The molecule has 3 heterocycles. The van der Waals surface area contributed by atoms with Crippen LogP contribution in [0.3, 0.4) is 0 Å². The second-order valence-electron chi connectivity index (χ2n) is 8.70. The molecule has 0 saturated carbocycles. The lowest BCUT2D eigenvalue weighted by Gasteiger charge is -2.46. The van der Waals surface area contributed by atoms with E-state index in [0.717, 1.165) is 42.1 Å². The highest BCUT2D eigenvalue weighted by atomic mass is 35.5. The summed E-state index contributed by atoms with van der Waals surface area (Å²) in [6.07, 6.45) is 5.65. The number of nitrogens with one attached hydrogen (secondary N) is 1. The van der Waals surface area contributed by atoms with Gasteiger partial charge >= 0.3 is 0 Å². The first-order valence-electron chi connectivity index (χ1n) is 9.38. The van der Waals surface area contributed by atoms with Crippen LogP contribution in [0.5, 0.6) is 0 Å². The lowest BCUT2D eigenvalue weighted by molar-refractivity contribution is -0.0221. The highest BCUT2D eigenvalue weighted by Crippen LogP contribution is 2.51. The number of fused-ring (bicyclic) bond motifs is 3. The molecule has 2 aliphatic heterocycles. The van der Waals surface area contributed by atoms with Crippen molar-refractivity contribution in [1.82, 2.24) is 14.5 Å². The Labute approximate surface area is 164 Å². The molecule has 8 heteroatoms. The van der Waals surface area contributed by atoms with Gasteiger partial charge in [0, 0.05) is 28.1 Å². The number of sulfonamides is 1. The first-order valence-corrected chi connectivity index (χ1v) is 11.6. The quantitative estimate of drug-likeness (QED) is 0.806. The molecule has 4 atom stereocenters. The van der Waals surface area contributed by atoms with Crippen molar-refractivity contribution < 1.29 is 13.5 Å². The number of benzene rings is 1. The Balaban J connectivity index is 1.65. The van der Waals surface area contributed by atoms with Crippen LogP contribution >= 0.6 is 11.6 Å². The largest absolute Gasteiger partial charge is 0.388 e. The van der Waals surface area contributed by atoms with Gasteiger partial charge in [0.25, 0.3) is 0 Å². The predicted octanol–water partition coefficient (Wildman–Crippen LogP) is 3.48. The normalized spacial score (nSPS) is 28.0. The van der Waals surface area contributed by atoms with E-state index < -0.39 is 21.5 Å². The van der Waals surface area contributed by atoms with Crippen LogP contribution in [0, 0.1) is 11.3 Å². The third-order valence-electron chi connectivity index (χ3n) is 6.64. The zero-order valence-corrected chi connectivity index (χ0v) is 17.4. The molecule has 2 aromatic rings. The molecule has 1 aromatic heterocycles. The van der Waals surface area contributed by atoms with E-state index in [1.807, 2.05) is 6.07 Å². The van der Waals surface area contributed by atoms with Gasteiger partial charge in [-0.1, -0.05) is 25.4 Å². The van der Waals surface area contributed by atoms with Crippen molar-refractivity contribution in [2.24, 2.45) is 11.3 Å². The van der Waals surface area contributed by atoms with E-state index in [1.54, 1.807) is 16.6 Å². The smallest absolute Gasteiger partial charge is 0.211 e. The van der Waals surface area contributed by atoms with E-state index in [0.29, 0.717) is 5.02 Å². The summed E-state index contributed by atoms with van der Waals surface area (Å²) in [5, 5.41) is 19.8. The Bertz CT molecular complexity index is 958. The van der Waals surface area contributed by atoms with E-state index in [4.69, 9.17) is 11.6 Å². The molecule has 148 valence electrons. The number of rotatable bonds is 4. The molecule has 6 nitrogen and oxygen atoms in total. The number of nitrogens with zero attached hydrogens (tertiary/aromatic N) is 2. The van der Waals surface area contributed by atoms with Crippen molar-refractivity contribution in [2.75, 3.05) is 6.26 Å². The number of hydrogen-bond acceptors (Lipinski definition) is 4. The minimum atomic E-state index is -3.19. The van der Waals surface area contributed by atoms with Crippen LogP contribution in [0.15, 0.2) is 18.3 Å². The van der Waals surface area contributed by atoms with Gasteiger partial charge in [0.05, 0.1) is 24.1 Å². The topological polar surface area (TPSA) is 86.3 Å². The second-order valence-corrected chi connectivity index (χ2v) is 11.0. The number of aromatic nitrogens is 2. The number of hydrogen-bond donors (Lipinski definition) is 2. The molecule has 4 rings (SSSR count). The maximum Gasteiger partial charge on any atom is 0.211 e. The van der Waals surface area contributed by atoms with Gasteiger partial charge in [-0.15, -0.1) is 0 Å². The highest BCUT2D eigenvalue weighted by Gasteiger charge is 2.50. The maximum absolute atomic E-state index is 12.2. The zero-order valence-electron chi connectivity index (χ0n) is 15.8. The van der Waals surface area contributed by atoms with E-state index in [2.05, 4.69) is 24.0 Å². The molecule has 27 heavy (non-hydrogen) atoms. The van der Waals surface area contributed by atoms with Gasteiger partial charge in [0.2, 0.25) is 10.0 Å². The summed E-state index contributed by atoms with van der Waals surface area (Å²) in [6.45, 7) is 4.14. The van der Waals surface area contributed by atoms with Crippen molar-refractivity contribution in [3.8, 4) is 0 Å². The van der Waals surface area contributed by atoms with Gasteiger partial charge in [-0.25, -0.2) is 8.42 Å². The molecule has 0 aliphatic carbocycles. The predicted molar refractivity (Wildman–Crippen MR) is 106 cm³/mol. The Morgan fingerprint density at radius 2 is 1.93 bits per heavy atom. The van der Waals surface area contributed by atoms with Crippen LogP contribution in [-0.4, -0.2) is 46.4 Å². The SMILES string of the molecule is CC(C)(C1CC2CC[C@@H](C1)N2S(C)(=O)=O)C(O)c1cc(Cl)cc2cn[nH]c12. The van der Waals surface area contributed by atoms with Crippen molar-refractivity contribution in [3.63, 3.8) is 0 Å². The van der Waals surface area contributed by atoms with Crippen LogP contribution in [-0.2, 0) is 10.0 Å². The summed E-state index contributed by atoms with van der Waals surface area (Å²) < 4.78 is 26.0. The van der Waals surface area contributed by atoms with Gasteiger partial charge in [-0.3, -0.25) is 5.10 Å². The fraction of sp³-hybridized carbons (Fsp3) is 0.632. The van der Waals surface area contributed by atoms with Gasteiger partial charge < -0.3 is 5.11 Å². The van der Waals surface area contributed by atoms with Crippen LogP contribution in [0.4, 0.5) is 0 Å². The van der Waals surface area contributed by atoms with Gasteiger partial charge in [0.15, 0.2) is 0 Å². The first kappa shape index (κ1) is 19.2. The van der Waals surface area contributed by atoms with Crippen LogP contribution in [0.25, 0.3) is 10.9 Å². The highest BCUT2D eigenvalue weighted by molar-refractivity contribution is 7.88. The summed E-state index contributed by atoms with van der Waals surface area (Å²) in [7, 11) is -3.19.